The van der Waals surface area contributed by atoms with Crippen molar-refractivity contribution in [2.24, 2.45) is 17.1 Å². The molecule has 3 nitrogen and oxygen atoms in total. The Labute approximate surface area is 113 Å². The molecule has 0 saturated heterocycles. The summed E-state index contributed by atoms with van der Waals surface area (Å²) in [7, 11) is 0. The van der Waals surface area contributed by atoms with Gasteiger partial charge in [-0.05, 0) is 24.2 Å². The molecule has 0 aromatic carbocycles. The summed E-state index contributed by atoms with van der Waals surface area (Å²) in [6.45, 7) is 11.5. The normalized spacial score (nSPS) is 13.7. The highest BCUT2D eigenvalue weighted by atomic mass is 16.2. The van der Waals surface area contributed by atoms with Gasteiger partial charge in [-0.3, -0.25) is 4.79 Å². The highest BCUT2D eigenvalue weighted by Gasteiger charge is 2.21. The van der Waals surface area contributed by atoms with Crippen LogP contribution in [0.25, 0.3) is 0 Å². The van der Waals surface area contributed by atoms with E-state index in [9.17, 15) is 4.79 Å². The van der Waals surface area contributed by atoms with E-state index in [-0.39, 0.29) is 17.4 Å². The maximum atomic E-state index is 11.8. The molecule has 18 heavy (non-hydrogen) atoms. The van der Waals surface area contributed by atoms with Crippen molar-refractivity contribution in [1.82, 2.24) is 5.32 Å². The fraction of sp³-hybridized carbons (Fsp3) is 0.933. The first-order chi connectivity index (χ1) is 8.28. The van der Waals surface area contributed by atoms with Gasteiger partial charge in [0.05, 0.1) is 6.04 Å². The van der Waals surface area contributed by atoms with Crippen molar-refractivity contribution in [2.75, 3.05) is 6.54 Å². The highest BCUT2D eigenvalue weighted by Crippen LogP contribution is 2.22. The maximum Gasteiger partial charge on any atom is 0.236 e. The molecule has 0 aromatic heterocycles. The molecule has 0 radical (unpaired) electrons. The van der Waals surface area contributed by atoms with Gasteiger partial charge in [-0.15, -0.1) is 0 Å². The van der Waals surface area contributed by atoms with E-state index in [2.05, 4.69) is 39.9 Å². The molecule has 3 N–H and O–H groups in total. The van der Waals surface area contributed by atoms with E-state index < -0.39 is 0 Å². The molecule has 0 aliphatic rings. The van der Waals surface area contributed by atoms with Crippen molar-refractivity contribution < 1.29 is 4.79 Å². The van der Waals surface area contributed by atoms with Crippen LogP contribution in [0.2, 0.25) is 0 Å². The maximum absolute atomic E-state index is 11.8. The van der Waals surface area contributed by atoms with Gasteiger partial charge in [-0.25, -0.2) is 0 Å². The molecule has 0 saturated carbocycles. The summed E-state index contributed by atoms with van der Waals surface area (Å²) in [5, 5.41) is 2.99. The number of amides is 1. The average molecular weight is 256 g/mol. The molecule has 0 bridgehead atoms. The number of nitrogens with two attached hydrogens (primary N) is 1. The van der Waals surface area contributed by atoms with E-state index in [1.54, 1.807) is 0 Å². The Kier molecular flexibility index (Phi) is 8.25. The Balaban J connectivity index is 3.95. The first kappa shape index (κ1) is 17.4. The van der Waals surface area contributed by atoms with Crippen LogP contribution in [0.1, 0.15) is 66.7 Å². The van der Waals surface area contributed by atoms with Crippen LogP contribution in [0.5, 0.6) is 0 Å². The molecule has 0 aliphatic heterocycles. The van der Waals surface area contributed by atoms with Crippen LogP contribution in [0.15, 0.2) is 0 Å². The van der Waals surface area contributed by atoms with Gasteiger partial charge in [0.15, 0.2) is 0 Å². The van der Waals surface area contributed by atoms with Gasteiger partial charge in [-0.2, -0.15) is 0 Å². The minimum absolute atomic E-state index is 0.00716. The molecule has 0 spiro atoms. The quantitative estimate of drug-likeness (QED) is 0.623. The first-order valence-corrected chi connectivity index (χ1v) is 7.32. The van der Waals surface area contributed by atoms with Gasteiger partial charge >= 0.3 is 0 Å². The van der Waals surface area contributed by atoms with Crippen LogP contribution >= 0.6 is 0 Å². The largest absolute Gasteiger partial charge is 0.354 e. The van der Waals surface area contributed by atoms with Crippen molar-refractivity contribution in [2.45, 2.75) is 72.8 Å². The van der Waals surface area contributed by atoms with E-state index >= 15 is 0 Å². The zero-order valence-corrected chi connectivity index (χ0v) is 12.9. The summed E-state index contributed by atoms with van der Waals surface area (Å²) in [4.78, 5) is 11.8. The van der Waals surface area contributed by atoms with E-state index in [0.29, 0.717) is 5.92 Å². The molecular formula is C15H32N2O. The highest BCUT2D eigenvalue weighted by molar-refractivity contribution is 5.81. The molecule has 0 unspecified atom stereocenters. The number of hydrogen-bond donors (Lipinski definition) is 2. The average Bonchev–Trinajstić information content (AvgIpc) is 2.25. The van der Waals surface area contributed by atoms with Gasteiger partial charge in [0.25, 0.3) is 0 Å². The lowest BCUT2D eigenvalue weighted by Gasteiger charge is -2.26. The van der Waals surface area contributed by atoms with Crippen LogP contribution in [-0.2, 0) is 4.79 Å². The van der Waals surface area contributed by atoms with Gasteiger partial charge in [-0.1, -0.05) is 53.9 Å². The lowest BCUT2D eigenvalue weighted by Crippen LogP contribution is -2.44. The Morgan fingerprint density at radius 1 is 1.28 bits per heavy atom. The molecule has 108 valence electrons. The molecule has 0 aromatic rings. The predicted molar refractivity (Wildman–Crippen MR) is 78.4 cm³/mol. The fourth-order valence-electron chi connectivity index (χ4n) is 2.01. The van der Waals surface area contributed by atoms with Crippen molar-refractivity contribution >= 4 is 5.91 Å². The van der Waals surface area contributed by atoms with Crippen LogP contribution < -0.4 is 11.1 Å². The summed E-state index contributed by atoms with van der Waals surface area (Å²) >= 11 is 0. The van der Waals surface area contributed by atoms with Gasteiger partial charge < -0.3 is 11.1 Å². The van der Waals surface area contributed by atoms with Crippen molar-refractivity contribution in [3.63, 3.8) is 0 Å². The summed E-state index contributed by atoms with van der Waals surface area (Å²) in [5.74, 6) is 0.454. The fourth-order valence-corrected chi connectivity index (χ4v) is 2.01. The van der Waals surface area contributed by atoms with Crippen molar-refractivity contribution in [1.29, 1.82) is 0 Å². The molecule has 0 aliphatic carbocycles. The Bertz CT molecular complexity index is 237. The molecular weight excluding hydrogens is 224 g/mol. The summed E-state index contributed by atoms with van der Waals surface area (Å²) < 4.78 is 0. The van der Waals surface area contributed by atoms with Gasteiger partial charge in [0.1, 0.15) is 0 Å². The van der Waals surface area contributed by atoms with Crippen molar-refractivity contribution in [3.05, 3.63) is 0 Å². The second-order valence-corrected chi connectivity index (χ2v) is 6.58. The minimum Gasteiger partial charge on any atom is -0.354 e. The van der Waals surface area contributed by atoms with Crippen molar-refractivity contribution in [3.8, 4) is 0 Å². The van der Waals surface area contributed by atoms with Crippen LogP contribution in [0.4, 0.5) is 0 Å². The summed E-state index contributed by atoms with van der Waals surface area (Å²) in [6, 6.07) is -0.364. The van der Waals surface area contributed by atoms with Gasteiger partial charge in [0.2, 0.25) is 5.91 Å². The zero-order chi connectivity index (χ0) is 14.2. The molecule has 1 amide bonds. The van der Waals surface area contributed by atoms with Crippen LogP contribution in [-0.4, -0.2) is 18.5 Å². The predicted octanol–water partition coefficient (Wildman–Crippen LogP) is 3.08. The van der Waals surface area contributed by atoms with E-state index in [1.165, 1.54) is 19.3 Å². The number of rotatable bonds is 9. The topological polar surface area (TPSA) is 55.1 Å². The zero-order valence-electron chi connectivity index (χ0n) is 12.9. The number of carbonyl (C=O) groups is 1. The standard InChI is InChI=1S/C15H32N2O/c1-6-7-8-9-15(4,5)11-17-14(18)13(16)10-12(2)3/h12-13H,6-11,16H2,1-5H3,(H,17,18)/t13-/m1/s1. The lowest BCUT2D eigenvalue weighted by atomic mass is 9.86. The molecule has 0 heterocycles. The SMILES string of the molecule is CCCCCC(C)(C)CNC(=O)[C@H](N)CC(C)C. The smallest absolute Gasteiger partial charge is 0.236 e. The Morgan fingerprint density at radius 3 is 2.39 bits per heavy atom. The third-order valence-corrected chi connectivity index (χ3v) is 3.26. The second kappa shape index (κ2) is 8.52. The van der Waals surface area contributed by atoms with Crippen LogP contribution in [0.3, 0.4) is 0 Å². The summed E-state index contributed by atoms with van der Waals surface area (Å²) in [6.07, 6.45) is 5.64. The third kappa shape index (κ3) is 8.51. The molecule has 1 atom stereocenters. The summed E-state index contributed by atoms with van der Waals surface area (Å²) in [5.41, 5.74) is 6.03. The second-order valence-electron chi connectivity index (χ2n) is 6.58. The lowest BCUT2D eigenvalue weighted by molar-refractivity contribution is -0.123. The molecule has 0 fully saturated rings. The number of unbranched alkanes of at least 4 members (excludes halogenated alkanes) is 2. The van der Waals surface area contributed by atoms with E-state index in [4.69, 9.17) is 5.73 Å². The third-order valence-electron chi connectivity index (χ3n) is 3.26. The minimum atomic E-state index is -0.364. The Morgan fingerprint density at radius 2 is 1.89 bits per heavy atom. The van der Waals surface area contributed by atoms with E-state index in [1.807, 2.05) is 0 Å². The molecule has 3 heteroatoms. The van der Waals surface area contributed by atoms with Gasteiger partial charge in [0, 0.05) is 6.54 Å². The number of nitrogens with one attached hydrogen (secondary N) is 1. The van der Waals surface area contributed by atoms with E-state index in [0.717, 1.165) is 19.4 Å². The Hall–Kier alpha value is -0.570. The first-order valence-electron chi connectivity index (χ1n) is 7.32. The molecule has 0 rings (SSSR count). The monoisotopic (exact) mass is 256 g/mol. The van der Waals surface area contributed by atoms with Crippen LogP contribution in [0, 0.1) is 11.3 Å². The number of hydrogen-bond acceptors (Lipinski definition) is 2. The number of carbonyl (C=O) groups excluding carboxylic acids is 1.